The van der Waals surface area contributed by atoms with Crippen LogP contribution in [0.1, 0.15) is 72.5 Å². The molecule has 0 fully saturated rings. The molecule has 0 aliphatic carbocycles. The molecule has 56 heavy (non-hydrogen) atoms. The van der Waals surface area contributed by atoms with Crippen molar-refractivity contribution in [3.63, 3.8) is 0 Å². The first-order valence-electron chi connectivity index (χ1n) is 16.7. The lowest BCUT2D eigenvalue weighted by molar-refractivity contribution is -0.461. The minimum absolute atomic E-state index is 0.175. The molecule has 0 amide bonds. The van der Waals surface area contributed by atoms with Gasteiger partial charge in [0.05, 0.1) is 19.3 Å². The van der Waals surface area contributed by atoms with E-state index in [0.29, 0.717) is 17.6 Å². The first kappa shape index (κ1) is 51.2. The van der Waals surface area contributed by atoms with Gasteiger partial charge in [-0.25, -0.2) is 4.79 Å². The summed E-state index contributed by atoms with van der Waals surface area (Å²) in [4.78, 5) is 11.7. The number of alkyl halides is 17. The molecule has 0 unspecified atom stereocenters. The maximum absolute atomic E-state index is 14.8. The van der Waals surface area contributed by atoms with Crippen molar-refractivity contribution in [2.75, 3.05) is 19.8 Å². The fourth-order valence-corrected chi connectivity index (χ4v) is 9.95. The molecule has 1 N–H and O–H groups in total. The number of aliphatic hydroxyl groups excluding tert-OH is 1. The molecule has 1 aromatic rings. The molecule has 0 aromatic heterocycles. The number of hydrogen-bond acceptors (Lipinski definition) is 5. The number of allylic oxidation sites excluding steroid dienone is 1. The fourth-order valence-electron chi connectivity index (χ4n) is 5.49. The molecule has 0 saturated heterocycles. The van der Waals surface area contributed by atoms with Crippen LogP contribution in [0.5, 0.6) is 5.75 Å². The van der Waals surface area contributed by atoms with Gasteiger partial charge in [0.25, 0.3) is 0 Å². The van der Waals surface area contributed by atoms with Gasteiger partial charge in [0.15, 0.2) is 8.32 Å². The molecule has 326 valence electrons. The molecule has 23 heteroatoms. The zero-order valence-corrected chi connectivity index (χ0v) is 31.6. The standard InChI is InChI=1S/C33H41F17O5Si/c1-7-53-25(52)21(6)9-8-10-24(51)22-11-13-23(14-12-22)54-16-17-55-56(19(2)3,20(4)5)18-15-26(34,35)27(36,37)28(38,39)29(40,41)30(42,43)31(44,45)32(46,47)33(48,49)50/h9,11-14,19-20,24,51H,7-8,10,15-18H2,1-6H3/b21-9+/t24-/m1/s1. The number of carbonyl (C=O) groups is 1. The molecule has 0 radical (unpaired) electrons. The second-order valence-corrected chi connectivity index (χ2v) is 18.4. The van der Waals surface area contributed by atoms with E-state index in [1.165, 1.54) is 52.0 Å². The second-order valence-electron chi connectivity index (χ2n) is 13.4. The Bertz CT molecular complexity index is 1450. The number of hydrogen-bond donors (Lipinski definition) is 1. The number of aliphatic hydroxyl groups is 1. The van der Waals surface area contributed by atoms with E-state index in [2.05, 4.69) is 0 Å². The third kappa shape index (κ3) is 9.88. The third-order valence-corrected chi connectivity index (χ3v) is 14.7. The topological polar surface area (TPSA) is 65.0 Å². The molecule has 0 aliphatic heterocycles. The Morgan fingerprint density at radius 2 is 1.16 bits per heavy atom. The van der Waals surface area contributed by atoms with E-state index in [1.807, 2.05) is 0 Å². The zero-order chi connectivity index (χ0) is 44.1. The van der Waals surface area contributed by atoms with Gasteiger partial charge < -0.3 is 19.0 Å². The monoisotopic (exact) mass is 868 g/mol. The Balaban J connectivity index is 3.15. The summed E-state index contributed by atoms with van der Waals surface area (Å²) in [5.74, 6) is -57.0. The average molecular weight is 869 g/mol. The Hall–Kier alpha value is -2.82. The highest BCUT2D eigenvalue weighted by molar-refractivity contribution is 6.76. The number of benzene rings is 1. The van der Waals surface area contributed by atoms with Crippen molar-refractivity contribution in [3.05, 3.63) is 41.5 Å². The summed E-state index contributed by atoms with van der Waals surface area (Å²) in [6.45, 7) is 7.83. The van der Waals surface area contributed by atoms with Crippen LogP contribution >= 0.6 is 0 Å². The molecular formula is C33H41F17O5Si. The van der Waals surface area contributed by atoms with Gasteiger partial charge in [-0.1, -0.05) is 45.9 Å². The normalized spacial score (nSPS) is 15.4. The maximum atomic E-state index is 14.8. The van der Waals surface area contributed by atoms with Crippen LogP contribution in [0, 0.1) is 0 Å². The highest BCUT2D eigenvalue weighted by Crippen LogP contribution is 2.64. The lowest BCUT2D eigenvalue weighted by atomic mass is 9.88. The molecule has 0 bridgehead atoms. The molecule has 1 aromatic carbocycles. The van der Waals surface area contributed by atoms with Crippen molar-refractivity contribution in [1.29, 1.82) is 0 Å². The van der Waals surface area contributed by atoms with Gasteiger partial charge in [-0.15, -0.1) is 0 Å². The van der Waals surface area contributed by atoms with Gasteiger partial charge in [-0.05, 0) is 61.5 Å². The van der Waals surface area contributed by atoms with E-state index in [1.54, 1.807) is 19.9 Å². The molecule has 0 spiro atoms. The van der Waals surface area contributed by atoms with Crippen LogP contribution in [-0.4, -0.2) is 86.8 Å². The van der Waals surface area contributed by atoms with Crippen molar-refractivity contribution in [3.8, 4) is 5.75 Å². The Labute approximate surface area is 311 Å². The smallest absolute Gasteiger partial charge is 0.460 e. The van der Waals surface area contributed by atoms with E-state index in [-0.39, 0.29) is 25.4 Å². The second kappa shape index (κ2) is 18.0. The summed E-state index contributed by atoms with van der Waals surface area (Å²) in [6, 6.07) is 4.48. The summed E-state index contributed by atoms with van der Waals surface area (Å²) < 4.78 is 250. The zero-order valence-electron chi connectivity index (χ0n) is 30.6. The highest BCUT2D eigenvalue weighted by atomic mass is 28.4. The van der Waals surface area contributed by atoms with Crippen LogP contribution in [0.4, 0.5) is 74.6 Å². The van der Waals surface area contributed by atoms with Crippen molar-refractivity contribution in [2.45, 2.75) is 132 Å². The van der Waals surface area contributed by atoms with E-state index >= 15 is 0 Å². The Kier molecular flexibility index (Phi) is 16.4. The van der Waals surface area contributed by atoms with E-state index in [4.69, 9.17) is 13.9 Å². The maximum Gasteiger partial charge on any atom is 0.460 e. The molecule has 0 aliphatic rings. The van der Waals surface area contributed by atoms with Gasteiger partial charge in [0.2, 0.25) is 0 Å². The first-order valence-corrected chi connectivity index (χ1v) is 18.9. The minimum atomic E-state index is -8.68. The average Bonchev–Trinajstić information content (AvgIpc) is 3.06. The van der Waals surface area contributed by atoms with Gasteiger partial charge in [0, 0.05) is 12.0 Å². The molecule has 5 nitrogen and oxygen atoms in total. The quantitative estimate of drug-likeness (QED) is 0.0413. The highest BCUT2D eigenvalue weighted by Gasteiger charge is 2.95. The summed E-state index contributed by atoms with van der Waals surface area (Å²) >= 11 is 0. The predicted molar refractivity (Wildman–Crippen MR) is 169 cm³/mol. The van der Waals surface area contributed by atoms with Crippen LogP contribution in [0.25, 0.3) is 0 Å². The van der Waals surface area contributed by atoms with Gasteiger partial charge in [-0.3, -0.25) is 0 Å². The van der Waals surface area contributed by atoms with Crippen molar-refractivity contribution in [2.24, 2.45) is 0 Å². The summed E-state index contributed by atoms with van der Waals surface area (Å²) in [5.41, 5.74) is -0.906. The van der Waals surface area contributed by atoms with Crippen LogP contribution < -0.4 is 4.74 Å². The van der Waals surface area contributed by atoms with Gasteiger partial charge in [0.1, 0.15) is 12.4 Å². The number of carbonyl (C=O) groups excluding carboxylic acids is 1. The van der Waals surface area contributed by atoms with Crippen molar-refractivity contribution < 1.29 is 98.4 Å². The summed E-state index contributed by atoms with van der Waals surface area (Å²) in [7, 11) is -3.94. The lowest BCUT2D eigenvalue weighted by Gasteiger charge is -2.44. The number of halogens is 17. The predicted octanol–water partition coefficient (Wildman–Crippen LogP) is 11.6. The Morgan fingerprint density at radius 3 is 1.59 bits per heavy atom. The van der Waals surface area contributed by atoms with Crippen molar-refractivity contribution >= 4 is 14.3 Å². The third-order valence-electron chi connectivity index (χ3n) is 9.05. The molecule has 1 atom stereocenters. The van der Waals surface area contributed by atoms with Crippen LogP contribution in [-0.2, 0) is 14.0 Å². The molecule has 0 heterocycles. The number of ether oxygens (including phenoxy) is 2. The SMILES string of the molecule is CCOC(=O)/C(C)=C/CC[C@@H](O)c1ccc(OCCO[Si](CCC(F)(F)C(F)(F)C(F)(F)C(F)(F)C(F)(F)C(F)(F)C(F)(F)C(F)(F)F)(C(C)C)C(C)C)cc1. The number of esters is 1. The van der Waals surface area contributed by atoms with Crippen LogP contribution in [0.2, 0.25) is 17.1 Å². The fraction of sp³-hybridized carbons (Fsp3) is 0.727. The molecule has 0 saturated carbocycles. The van der Waals surface area contributed by atoms with Crippen LogP contribution in [0.15, 0.2) is 35.9 Å². The molecule has 1 rings (SSSR count). The van der Waals surface area contributed by atoms with E-state index < -0.39 is 98.2 Å². The van der Waals surface area contributed by atoms with E-state index in [9.17, 15) is 84.5 Å². The first-order chi connectivity index (χ1) is 25.1. The van der Waals surface area contributed by atoms with Gasteiger partial charge in [-0.2, -0.15) is 74.6 Å². The lowest BCUT2D eigenvalue weighted by Crippen LogP contribution is -2.74. The number of rotatable bonds is 22. The van der Waals surface area contributed by atoms with Gasteiger partial charge >= 0.3 is 53.6 Å². The van der Waals surface area contributed by atoms with Crippen LogP contribution in [0.3, 0.4) is 0 Å². The molecular weight excluding hydrogens is 827 g/mol. The largest absolute Gasteiger partial charge is 0.491 e. The summed E-state index contributed by atoms with van der Waals surface area (Å²) in [5, 5.41) is 10.4. The van der Waals surface area contributed by atoms with Crippen molar-refractivity contribution in [1.82, 2.24) is 0 Å². The Morgan fingerprint density at radius 1 is 0.714 bits per heavy atom. The van der Waals surface area contributed by atoms with E-state index in [0.717, 1.165) is 0 Å². The summed E-state index contributed by atoms with van der Waals surface area (Å²) in [6.07, 6.45) is -9.20. The minimum Gasteiger partial charge on any atom is -0.491 e.